The molecule has 2 N–H and O–H groups in total. The average Bonchev–Trinajstić information content (AvgIpc) is 2.98. The molecule has 0 saturated carbocycles. The zero-order valence-corrected chi connectivity index (χ0v) is 12.4. The summed E-state index contributed by atoms with van der Waals surface area (Å²) >= 11 is 7.36. The average molecular weight is 311 g/mol. The van der Waals surface area contributed by atoms with Crippen LogP contribution in [0.1, 0.15) is 4.88 Å². The van der Waals surface area contributed by atoms with Crippen LogP contribution in [-0.2, 0) is 17.9 Å². The molecule has 1 amide bonds. The van der Waals surface area contributed by atoms with E-state index in [9.17, 15) is 4.79 Å². The highest BCUT2D eigenvalue weighted by molar-refractivity contribution is 7.16. The predicted molar refractivity (Wildman–Crippen MR) is 81.6 cm³/mol. The standard InChI is InChI=1S/C13H15ClN4OS/c1-2-6-17(8-10-3-4-11(14)20-10)13(19)9-18-7-5-12(15)16-18/h2-5,7H,1,6,8-9H2,(H2,15,16). The minimum Gasteiger partial charge on any atom is -0.382 e. The van der Waals surface area contributed by atoms with Gasteiger partial charge in [-0.2, -0.15) is 5.10 Å². The Bertz CT molecular complexity index is 607. The zero-order valence-electron chi connectivity index (χ0n) is 10.8. The highest BCUT2D eigenvalue weighted by Gasteiger charge is 2.14. The van der Waals surface area contributed by atoms with Gasteiger partial charge in [-0.15, -0.1) is 17.9 Å². The first kappa shape index (κ1) is 14.6. The topological polar surface area (TPSA) is 64.2 Å². The Kier molecular flexibility index (Phi) is 4.81. The van der Waals surface area contributed by atoms with Crippen LogP contribution in [-0.4, -0.2) is 27.1 Å². The summed E-state index contributed by atoms with van der Waals surface area (Å²) in [5.74, 6) is 0.357. The highest BCUT2D eigenvalue weighted by atomic mass is 35.5. The molecule has 5 nitrogen and oxygen atoms in total. The molecule has 0 atom stereocenters. The number of halogens is 1. The van der Waals surface area contributed by atoms with Gasteiger partial charge < -0.3 is 10.6 Å². The molecule has 0 unspecified atom stereocenters. The normalized spacial score (nSPS) is 10.4. The molecule has 0 aliphatic carbocycles. The second-order valence-electron chi connectivity index (χ2n) is 4.21. The van der Waals surface area contributed by atoms with E-state index in [1.807, 2.05) is 12.1 Å². The molecule has 7 heteroatoms. The molecular weight excluding hydrogens is 296 g/mol. The number of anilines is 1. The lowest BCUT2D eigenvalue weighted by atomic mass is 10.3. The number of aromatic nitrogens is 2. The number of hydrogen-bond donors (Lipinski definition) is 1. The molecule has 0 fully saturated rings. The van der Waals surface area contributed by atoms with Crippen molar-refractivity contribution < 1.29 is 4.79 Å². The van der Waals surface area contributed by atoms with Crippen LogP contribution >= 0.6 is 22.9 Å². The molecule has 0 aromatic carbocycles. The summed E-state index contributed by atoms with van der Waals surface area (Å²) in [5, 5.41) is 4.01. The van der Waals surface area contributed by atoms with E-state index in [0.29, 0.717) is 23.2 Å². The minimum atomic E-state index is -0.0440. The maximum atomic E-state index is 12.3. The lowest BCUT2D eigenvalue weighted by Gasteiger charge is -2.20. The molecule has 0 bridgehead atoms. The quantitative estimate of drug-likeness (QED) is 0.833. The molecule has 0 radical (unpaired) electrons. The molecule has 2 aromatic heterocycles. The first-order valence-electron chi connectivity index (χ1n) is 6.00. The van der Waals surface area contributed by atoms with Gasteiger partial charge in [0.15, 0.2) is 0 Å². The van der Waals surface area contributed by atoms with Crippen LogP contribution in [0.15, 0.2) is 37.1 Å². The number of carbonyl (C=O) groups excluding carboxylic acids is 1. The largest absolute Gasteiger partial charge is 0.382 e. The van der Waals surface area contributed by atoms with Crippen LogP contribution in [0.3, 0.4) is 0 Å². The molecule has 106 valence electrons. The lowest BCUT2D eigenvalue weighted by Crippen LogP contribution is -2.33. The second kappa shape index (κ2) is 6.58. The van der Waals surface area contributed by atoms with Gasteiger partial charge in [0.2, 0.25) is 5.91 Å². The summed E-state index contributed by atoms with van der Waals surface area (Å²) in [5.41, 5.74) is 5.53. The number of carbonyl (C=O) groups is 1. The summed E-state index contributed by atoms with van der Waals surface area (Å²) < 4.78 is 2.24. The van der Waals surface area contributed by atoms with Crippen LogP contribution < -0.4 is 5.73 Å². The zero-order chi connectivity index (χ0) is 14.5. The first-order valence-corrected chi connectivity index (χ1v) is 7.19. The van der Waals surface area contributed by atoms with Crippen LogP contribution in [0.4, 0.5) is 5.82 Å². The Hall–Kier alpha value is -1.79. The number of amides is 1. The van der Waals surface area contributed by atoms with Crippen molar-refractivity contribution in [2.24, 2.45) is 0 Å². The van der Waals surface area contributed by atoms with E-state index >= 15 is 0 Å². The second-order valence-corrected chi connectivity index (χ2v) is 6.01. The van der Waals surface area contributed by atoms with Crippen LogP contribution in [0, 0.1) is 0 Å². The van der Waals surface area contributed by atoms with Gasteiger partial charge in [-0.1, -0.05) is 17.7 Å². The van der Waals surface area contributed by atoms with Gasteiger partial charge in [0.05, 0.1) is 10.9 Å². The van der Waals surface area contributed by atoms with E-state index in [0.717, 1.165) is 4.88 Å². The van der Waals surface area contributed by atoms with E-state index < -0.39 is 0 Å². The molecule has 20 heavy (non-hydrogen) atoms. The maximum Gasteiger partial charge on any atom is 0.244 e. The number of nitrogens with zero attached hydrogens (tertiary/aromatic N) is 3. The number of rotatable bonds is 6. The molecule has 2 aromatic rings. The molecular formula is C13H15ClN4OS. The summed E-state index contributed by atoms with van der Waals surface area (Å²) in [6.45, 7) is 4.83. The van der Waals surface area contributed by atoms with Crippen molar-refractivity contribution in [1.29, 1.82) is 0 Å². The van der Waals surface area contributed by atoms with E-state index in [1.165, 1.54) is 16.0 Å². The number of thiophene rings is 1. The van der Waals surface area contributed by atoms with E-state index in [4.69, 9.17) is 17.3 Å². The fourth-order valence-corrected chi connectivity index (χ4v) is 2.84. The summed E-state index contributed by atoms with van der Waals surface area (Å²) in [6, 6.07) is 5.40. The van der Waals surface area contributed by atoms with Gasteiger partial charge in [0, 0.05) is 17.6 Å². The first-order chi connectivity index (χ1) is 9.58. The number of hydrogen-bond acceptors (Lipinski definition) is 4. The van der Waals surface area contributed by atoms with Crippen LogP contribution in [0.25, 0.3) is 0 Å². The highest BCUT2D eigenvalue weighted by Crippen LogP contribution is 2.22. The SMILES string of the molecule is C=CCN(Cc1ccc(Cl)s1)C(=O)Cn1ccc(N)n1. The fourth-order valence-electron chi connectivity index (χ4n) is 1.74. The van der Waals surface area contributed by atoms with Crippen molar-refractivity contribution in [2.75, 3.05) is 12.3 Å². The molecule has 0 saturated heterocycles. The minimum absolute atomic E-state index is 0.0440. The van der Waals surface area contributed by atoms with Crippen molar-refractivity contribution in [3.05, 3.63) is 46.3 Å². The third kappa shape index (κ3) is 3.85. The molecule has 0 spiro atoms. The smallest absolute Gasteiger partial charge is 0.244 e. The van der Waals surface area contributed by atoms with Crippen molar-refractivity contribution in [3.63, 3.8) is 0 Å². The fraction of sp³-hybridized carbons (Fsp3) is 0.231. The van der Waals surface area contributed by atoms with Crippen molar-refractivity contribution >= 4 is 34.7 Å². The van der Waals surface area contributed by atoms with E-state index in [-0.39, 0.29) is 12.5 Å². The predicted octanol–water partition coefficient (Wildman–Crippen LogP) is 2.39. The van der Waals surface area contributed by atoms with Crippen LogP contribution in [0.2, 0.25) is 4.34 Å². The van der Waals surface area contributed by atoms with E-state index in [2.05, 4.69) is 11.7 Å². The van der Waals surface area contributed by atoms with Crippen molar-refractivity contribution in [3.8, 4) is 0 Å². The molecule has 2 rings (SSSR count). The van der Waals surface area contributed by atoms with Crippen molar-refractivity contribution in [1.82, 2.24) is 14.7 Å². The Balaban J connectivity index is 2.03. The van der Waals surface area contributed by atoms with Gasteiger partial charge in [-0.05, 0) is 18.2 Å². The Morgan fingerprint density at radius 2 is 2.35 bits per heavy atom. The maximum absolute atomic E-state index is 12.3. The molecule has 2 heterocycles. The summed E-state index contributed by atoms with van der Waals surface area (Å²) in [7, 11) is 0. The number of nitrogen functional groups attached to an aromatic ring is 1. The summed E-state index contributed by atoms with van der Waals surface area (Å²) in [4.78, 5) is 15.0. The van der Waals surface area contributed by atoms with Gasteiger partial charge in [-0.3, -0.25) is 9.48 Å². The van der Waals surface area contributed by atoms with E-state index in [1.54, 1.807) is 23.2 Å². The third-order valence-electron chi connectivity index (χ3n) is 2.64. The Morgan fingerprint density at radius 1 is 1.55 bits per heavy atom. The van der Waals surface area contributed by atoms with Gasteiger partial charge in [0.25, 0.3) is 0 Å². The molecule has 0 aliphatic heterocycles. The number of nitrogens with two attached hydrogens (primary N) is 1. The monoisotopic (exact) mass is 310 g/mol. The Labute approximate surface area is 126 Å². The molecule has 0 aliphatic rings. The third-order valence-corrected chi connectivity index (χ3v) is 3.85. The summed E-state index contributed by atoms with van der Waals surface area (Å²) in [6.07, 6.45) is 3.38. The van der Waals surface area contributed by atoms with Gasteiger partial charge >= 0.3 is 0 Å². The van der Waals surface area contributed by atoms with Crippen molar-refractivity contribution in [2.45, 2.75) is 13.1 Å². The lowest BCUT2D eigenvalue weighted by molar-refractivity contribution is -0.132. The Morgan fingerprint density at radius 3 is 2.90 bits per heavy atom. The van der Waals surface area contributed by atoms with Crippen LogP contribution in [0.5, 0.6) is 0 Å². The van der Waals surface area contributed by atoms with Gasteiger partial charge in [0.1, 0.15) is 12.4 Å². The van der Waals surface area contributed by atoms with Gasteiger partial charge in [-0.25, -0.2) is 0 Å².